The van der Waals surface area contributed by atoms with Crippen molar-refractivity contribution in [3.05, 3.63) is 29.8 Å². The van der Waals surface area contributed by atoms with Gasteiger partial charge < -0.3 is 30.5 Å². The van der Waals surface area contributed by atoms with E-state index in [0.717, 1.165) is 11.3 Å². The number of hydrogen-bond acceptors (Lipinski definition) is 7. The SMILES string of the molecule is COc1ccc(C[C@H]2NC[C@H](O)[C@H]2OC(=O)CC2NC(=O)CNC2=O)cc1. The summed E-state index contributed by atoms with van der Waals surface area (Å²) in [7, 11) is 1.59. The molecule has 1 aromatic rings. The Morgan fingerprint density at radius 1 is 1.26 bits per heavy atom. The van der Waals surface area contributed by atoms with Crippen LogP contribution in [0.5, 0.6) is 5.75 Å². The lowest BCUT2D eigenvalue weighted by molar-refractivity contribution is -0.156. The van der Waals surface area contributed by atoms with E-state index in [1.807, 2.05) is 24.3 Å². The Morgan fingerprint density at radius 2 is 2.00 bits per heavy atom. The van der Waals surface area contributed by atoms with Crippen LogP contribution in [-0.2, 0) is 25.5 Å². The van der Waals surface area contributed by atoms with E-state index in [0.29, 0.717) is 13.0 Å². The van der Waals surface area contributed by atoms with Crippen molar-refractivity contribution in [2.45, 2.75) is 37.1 Å². The van der Waals surface area contributed by atoms with Crippen molar-refractivity contribution >= 4 is 17.8 Å². The molecule has 2 heterocycles. The number of β-amino-alcohol motifs (C(OH)–C–C–N with tert-alkyl or cyclic N) is 1. The van der Waals surface area contributed by atoms with Gasteiger partial charge in [-0.05, 0) is 24.1 Å². The van der Waals surface area contributed by atoms with Crippen molar-refractivity contribution in [3.8, 4) is 5.75 Å². The Kier molecular flexibility index (Phi) is 5.92. The van der Waals surface area contributed by atoms with E-state index >= 15 is 0 Å². The maximum atomic E-state index is 12.2. The molecule has 146 valence electrons. The fourth-order valence-electron chi connectivity index (χ4n) is 3.25. The molecule has 4 atom stereocenters. The molecule has 2 aliphatic heterocycles. The zero-order chi connectivity index (χ0) is 19.4. The van der Waals surface area contributed by atoms with E-state index in [1.165, 1.54) is 0 Å². The summed E-state index contributed by atoms with van der Waals surface area (Å²) in [6, 6.07) is 6.29. The summed E-state index contributed by atoms with van der Waals surface area (Å²) in [5.41, 5.74) is 1.00. The van der Waals surface area contributed by atoms with Gasteiger partial charge in [-0.3, -0.25) is 14.4 Å². The Labute approximate surface area is 156 Å². The molecule has 1 aromatic carbocycles. The third-order valence-corrected chi connectivity index (χ3v) is 4.69. The van der Waals surface area contributed by atoms with Gasteiger partial charge in [-0.25, -0.2) is 0 Å². The van der Waals surface area contributed by atoms with Crippen LogP contribution in [0.15, 0.2) is 24.3 Å². The molecular formula is C18H23N3O6. The normalized spacial score (nSPS) is 27.6. The number of amides is 2. The van der Waals surface area contributed by atoms with Gasteiger partial charge in [-0.1, -0.05) is 12.1 Å². The number of nitrogens with one attached hydrogen (secondary N) is 3. The molecular weight excluding hydrogens is 354 g/mol. The van der Waals surface area contributed by atoms with E-state index < -0.39 is 30.1 Å². The first kappa shape index (κ1) is 19.1. The lowest BCUT2D eigenvalue weighted by atomic mass is 10.0. The Hall–Kier alpha value is -2.65. The molecule has 4 N–H and O–H groups in total. The van der Waals surface area contributed by atoms with Crippen LogP contribution in [0, 0.1) is 0 Å². The molecule has 2 amide bonds. The Bertz CT molecular complexity index is 708. The minimum Gasteiger partial charge on any atom is -0.497 e. The summed E-state index contributed by atoms with van der Waals surface area (Å²) in [5.74, 6) is -0.683. The van der Waals surface area contributed by atoms with Crippen LogP contribution < -0.4 is 20.7 Å². The molecule has 0 aliphatic carbocycles. The zero-order valence-electron chi connectivity index (χ0n) is 14.9. The molecule has 0 saturated carbocycles. The number of aliphatic hydroxyl groups is 1. The first-order chi connectivity index (χ1) is 13.0. The van der Waals surface area contributed by atoms with Crippen molar-refractivity contribution in [1.82, 2.24) is 16.0 Å². The van der Waals surface area contributed by atoms with Gasteiger partial charge in [-0.15, -0.1) is 0 Å². The number of benzene rings is 1. The maximum absolute atomic E-state index is 12.2. The average molecular weight is 377 g/mol. The number of hydrogen-bond donors (Lipinski definition) is 4. The Morgan fingerprint density at radius 3 is 2.70 bits per heavy atom. The van der Waals surface area contributed by atoms with Gasteiger partial charge in [0, 0.05) is 6.54 Å². The zero-order valence-corrected chi connectivity index (χ0v) is 14.9. The minimum absolute atomic E-state index is 0.0976. The third-order valence-electron chi connectivity index (χ3n) is 4.69. The molecule has 1 unspecified atom stereocenters. The molecule has 9 nitrogen and oxygen atoms in total. The van der Waals surface area contributed by atoms with Gasteiger partial charge in [0.05, 0.1) is 26.1 Å². The summed E-state index contributed by atoms with van der Waals surface area (Å²) in [4.78, 5) is 35.3. The van der Waals surface area contributed by atoms with Gasteiger partial charge >= 0.3 is 5.97 Å². The smallest absolute Gasteiger partial charge is 0.308 e. The number of carbonyl (C=O) groups is 3. The highest BCUT2D eigenvalue weighted by atomic mass is 16.6. The van der Waals surface area contributed by atoms with Gasteiger partial charge in [-0.2, -0.15) is 0 Å². The number of carbonyl (C=O) groups excluding carboxylic acids is 3. The maximum Gasteiger partial charge on any atom is 0.308 e. The average Bonchev–Trinajstić information content (AvgIpc) is 2.98. The van der Waals surface area contributed by atoms with Gasteiger partial charge in [0.1, 0.15) is 24.0 Å². The summed E-state index contributed by atoms with van der Waals surface area (Å²) < 4.78 is 10.6. The third kappa shape index (κ3) is 4.75. The topological polar surface area (TPSA) is 126 Å². The van der Waals surface area contributed by atoms with Crippen molar-refractivity contribution < 1.29 is 29.0 Å². The second-order valence-electron chi connectivity index (χ2n) is 6.63. The predicted octanol–water partition coefficient (Wildman–Crippen LogP) is -1.51. The first-order valence-electron chi connectivity index (χ1n) is 8.77. The predicted molar refractivity (Wildman–Crippen MR) is 93.9 cm³/mol. The van der Waals surface area contributed by atoms with Crippen LogP contribution in [0.4, 0.5) is 0 Å². The van der Waals surface area contributed by atoms with Gasteiger partial charge in [0.25, 0.3) is 0 Å². The fourth-order valence-corrected chi connectivity index (χ4v) is 3.25. The number of methoxy groups -OCH3 is 1. The van der Waals surface area contributed by atoms with Crippen LogP contribution >= 0.6 is 0 Å². The largest absolute Gasteiger partial charge is 0.497 e. The summed E-state index contributed by atoms with van der Waals surface area (Å²) in [5, 5.41) is 18.2. The number of esters is 1. The number of aliphatic hydroxyl groups excluding tert-OH is 1. The molecule has 2 saturated heterocycles. The fraction of sp³-hybridized carbons (Fsp3) is 0.500. The summed E-state index contributed by atoms with van der Waals surface area (Å²) in [6.07, 6.45) is -1.30. The molecule has 9 heteroatoms. The lowest BCUT2D eigenvalue weighted by Crippen LogP contribution is -2.57. The quantitative estimate of drug-likeness (QED) is 0.444. The molecule has 0 aromatic heterocycles. The molecule has 3 rings (SSSR count). The highest BCUT2D eigenvalue weighted by molar-refractivity contribution is 5.96. The van der Waals surface area contributed by atoms with E-state index in [-0.39, 0.29) is 24.9 Å². The van der Waals surface area contributed by atoms with Crippen LogP contribution in [0.1, 0.15) is 12.0 Å². The van der Waals surface area contributed by atoms with Crippen LogP contribution in [0.2, 0.25) is 0 Å². The molecule has 0 radical (unpaired) electrons. The first-order valence-corrected chi connectivity index (χ1v) is 8.77. The van der Waals surface area contributed by atoms with Crippen LogP contribution in [0.25, 0.3) is 0 Å². The molecule has 0 bridgehead atoms. The summed E-state index contributed by atoms with van der Waals surface area (Å²) in [6.45, 7) is 0.207. The molecule has 0 spiro atoms. The van der Waals surface area contributed by atoms with E-state index in [1.54, 1.807) is 7.11 Å². The van der Waals surface area contributed by atoms with E-state index in [4.69, 9.17) is 9.47 Å². The van der Waals surface area contributed by atoms with Crippen LogP contribution in [0.3, 0.4) is 0 Å². The minimum atomic E-state index is -0.953. The number of piperazine rings is 1. The van der Waals surface area contributed by atoms with E-state index in [9.17, 15) is 19.5 Å². The lowest BCUT2D eigenvalue weighted by Gasteiger charge is -2.25. The highest BCUT2D eigenvalue weighted by Crippen LogP contribution is 2.20. The monoisotopic (exact) mass is 377 g/mol. The molecule has 27 heavy (non-hydrogen) atoms. The second-order valence-corrected chi connectivity index (χ2v) is 6.63. The van der Waals surface area contributed by atoms with E-state index in [2.05, 4.69) is 16.0 Å². The number of rotatable bonds is 6. The van der Waals surface area contributed by atoms with Crippen molar-refractivity contribution in [2.24, 2.45) is 0 Å². The van der Waals surface area contributed by atoms with Gasteiger partial charge in [0.2, 0.25) is 11.8 Å². The highest BCUT2D eigenvalue weighted by Gasteiger charge is 2.38. The van der Waals surface area contributed by atoms with Crippen molar-refractivity contribution in [2.75, 3.05) is 20.2 Å². The van der Waals surface area contributed by atoms with Crippen molar-refractivity contribution in [3.63, 3.8) is 0 Å². The Balaban J connectivity index is 1.58. The number of ether oxygens (including phenoxy) is 2. The standard InChI is InChI=1S/C18H23N3O6/c1-26-11-4-2-10(3-5-11)6-12-17(14(22)8-19-12)27-16(24)7-13-18(25)20-9-15(23)21-13/h2-5,12-14,17,19,22H,6-9H2,1H3,(H,20,25)(H,21,23)/t12-,13?,14+,17+/m1/s1. The molecule has 2 aliphatic rings. The van der Waals surface area contributed by atoms with Gasteiger partial charge in [0.15, 0.2) is 0 Å². The summed E-state index contributed by atoms with van der Waals surface area (Å²) >= 11 is 0. The van der Waals surface area contributed by atoms with Crippen molar-refractivity contribution in [1.29, 1.82) is 0 Å². The molecule has 2 fully saturated rings. The van der Waals surface area contributed by atoms with Crippen LogP contribution in [-0.4, -0.2) is 67.4 Å². The second kappa shape index (κ2) is 8.36.